The van der Waals surface area contributed by atoms with Crippen LogP contribution in [-0.4, -0.2) is 16.9 Å². The summed E-state index contributed by atoms with van der Waals surface area (Å²) in [6.07, 6.45) is 0. The summed E-state index contributed by atoms with van der Waals surface area (Å²) in [6, 6.07) is 10.2. The maximum absolute atomic E-state index is 5.94. The molecule has 84 valence electrons. The van der Waals surface area contributed by atoms with Gasteiger partial charge in [0.15, 0.2) is 0 Å². The molecule has 0 saturated carbocycles. The van der Waals surface area contributed by atoms with Gasteiger partial charge in [-0.05, 0) is 26.0 Å². The molecule has 1 unspecified atom stereocenters. The van der Waals surface area contributed by atoms with Crippen LogP contribution in [0.25, 0.3) is 10.9 Å². The van der Waals surface area contributed by atoms with Crippen LogP contribution < -0.4 is 5.32 Å². The first kappa shape index (κ1) is 11.2. The number of aryl methyl sites for hydroxylation is 1. The topological polar surface area (TPSA) is 24.9 Å². The van der Waals surface area contributed by atoms with Gasteiger partial charge in [-0.1, -0.05) is 18.2 Å². The number of benzene rings is 1. The maximum atomic E-state index is 5.94. The molecule has 0 radical (unpaired) electrons. The Morgan fingerprint density at radius 1 is 1.38 bits per heavy atom. The third-order valence-electron chi connectivity index (χ3n) is 2.42. The van der Waals surface area contributed by atoms with Crippen LogP contribution in [0.4, 0.5) is 5.69 Å². The largest absolute Gasteiger partial charge is 0.383 e. The first-order valence-electron chi connectivity index (χ1n) is 5.41. The number of aromatic nitrogens is 1. The Labute approximate surface area is 101 Å². The molecule has 0 amide bonds. The van der Waals surface area contributed by atoms with Crippen molar-refractivity contribution >= 4 is 28.2 Å². The highest BCUT2D eigenvalue weighted by Crippen LogP contribution is 2.22. The zero-order valence-corrected chi connectivity index (χ0v) is 10.3. The molecule has 0 saturated heterocycles. The van der Waals surface area contributed by atoms with Gasteiger partial charge in [0.05, 0.1) is 5.52 Å². The Morgan fingerprint density at radius 2 is 2.12 bits per heavy atom. The van der Waals surface area contributed by atoms with Crippen LogP contribution in [0.1, 0.15) is 12.6 Å². The highest BCUT2D eigenvalue weighted by molar-refractivity contribution is 6.20. The lowest BCUT2D eigenvalue weighted by Crippen LogP contribution is -2.11. The van der Waals surface area contributed by atoms with Crippen molar-refractivity contribution in [1.82, 2.24) is 4.98 Å². The first-order valence-corrected chi connectivity index (χ1v) is 5.85. The van der Waals surface area contributed by atoms with E-state index in [0.717, 1.165) is 28.8 Å². The summed E-state index contributed by atoms with van der Waals surface area (Å²) in [5.74, 6) is 0. The molecular formula is C13H15ClN2. The quantitative estimate of drug-likeness (QED) is 0.822. The van der Waals surface area contributed by atoms with E-state index < -0.39 is 0 Å². The van der Waals surface area contributed by atoms with Crippen molar-refractivity contribution in [1.29, 1.82) is 0 Å². The summed E-state index contributed by atoms with van der Waals surface area (Å²) in [4.78, 5) is 4.49. The number of hydrogen-bond donors (Lipinski definition) is 1. The molecule has 16 heavy (non-hydrogen) atoms. The van der Waals surface area contributed by atoms with Crippen molar-refractivity contribution < 1.29 is 0 Å². The predicted octanol–water partition coefficient (Wildman–Crippen LogP) is 3.58. The number of hydrogen-bond acceptors (Lipinski definition) is 2. The molecule has 1 N–H and O–H groups in total. The van der Waals surface area contributed by atoms with Crippen LogP contribution >= 0.6 is 11.6 Å². The number of fused-ring (bicyclic) bond motifs is 1. The number of nitrogens with zero attached hydrogens (tertiary/aromatic N) is 1. The molecule has 0 spiro atoms. The minimum absolute atomic E-state index is 0.118. The number of rotatable bonds is 3. The summed E-state index contributed by atoms with van der Waals surface area (Å²) >= 11 is 5.94. The molecule has 2 aromatic rings. The van der Waals surface area contributed by atoms with Crippen LogP contribution in [0.15, 0.2) is 30.3 Å². The van der Waals surface area contributed by atoms with Gasteiger partial charge >= 0.3 is 0 Å². The normalized spacial score (nSPS) is 12.7. The monoisotopic (exact) mass is 234 g/mol. The maximum Gasteiger partial charge on any atom is 0.0725 e. The number of nitrogens with one attached hydrogen (secondary N) is 1. The van der Waals surface area contributed by atoms with Gasteiger partial charge in [-0.3, -0.25) is 4.98 Å². The molecule has 0 aliphatic rings. The van der Waals surface area contributed by atoms with E-state index in [-0.39, 0.29) is 5.38 Å². The predicted molar refractivity (Wildman–Crippen MR) is 70.3 cm³/mol. The van der Waals surface area contributed by atoms with Crippen LogP contribution in [0.3, 0.4) is 0 Å². The highest BCUT2D eigenvalue weighted by atomic mass is 35.5. The molecular weight excluding hydrogens is 220 g/mol. The molecule has 0 aliphatic heterocycles. The molecule has 2 nitrogen and oxygen atoms in total. The lowest BCUT2D eigenvalue weighted by Gasteiger charge is -2.11. The van der Waals surface area contributed by atoms with Gasteiger partial charge in [0.2, 0.25) is 0 Å². The molecule has 2 rings (SSSR count). The van der Waals surface area contributed by atoms with Crippen LogP contribution in [-0.2, 0) is 0 Å². The SMILES string of the molecule is Cc1cc(NCC(C)Cl)c2ccccc2n1. The van der Waals surface area contributed by atoms with Gasteiger partial charge in [-0.25, -0.2) is 0 Å². The summed E-state index contributed by atoms with van der Waals surface area (Å²) < 4.78 is 0. The number of alkyl halides is 1. The second-order valence-corrected chi connectivity index (χ2v) is 4.74. The third-order valence-corrected chi connectivity index (χ3v) is 2.57. The van der Waals surface area contributed by atoms with Crippen molar-refractivity contribution in [3.8, 4) is 0 Å². The fourth-order valence-corrected chi connectivity index (χ4v) is 1.78. The average Bonchev–Trinajstić information content (AvgIpc) is 2.25. The van der Waals surface area contributed by atoms with E-state index in [1.807, 2.05) is 32.0 Å². The number of pyridine rings is 1. The van der Waals surface area contributed by atoms with E-state index in [4.69, 9.17) is 11.6 Å². The standard InChI is InChI=1S/C13H15ClN2/c1-9(14)8-15-13-7-10(2)16-12-6-4-3-5-11(12)13/h3-7,9H,8H2,1-2H3,(H,15,16). The van der Waals surface area contributed by atoms with Gasteiger partial charge in [0.1, 0.15) is 0 Å². The highest BCUT2D eigenvalue weighted by Gasteiger charge is 2.03. The van der Waals surface area contributed by atoms with Crippen molar-refractivity contribution in [3.63, 3.8) is 0 Å². The number of halogens is 1. The van der Waals surface area contributed by atoms with Crippen molar-refractivity contribution in [2.75, 3.05) is 11.9 Å². The zero-order chi connectivity index (χ0) is 11.5. The van der Waals surface area contributed by atoms with Gasteiger partial charge < -0.3 is 5.32 Å². The Balaban J connectivity index is 2.42. The second-order valence-electron chi connectivity index (χ2n) is 3.99. The first-order chi connectivity index (χ1) is 7.66. The molecule has 0 fully saturated rings. The molecule has 1 heterocycles. The Kier molecular flexibility index (Phi) is 3.30. The fourth-order valence-electron chi connectivity index (χ4n) is 1.70. The van der Waals surface area contributed by atoms with Crippen molar-refractivity contribution in [3.05, 3.63) is 36.0 Å². The number of anilines is 1. The minimum atomic E-state index is 0.118. The Morgan fingerprint density at radius 3 is 2.88 bits per heavy atom. The van der Waals surface area contributed by atoms with Crippen molar-refractivity contribution in [2.24, 2.45) is 0 Å². The molecule has 1 aromatic carbocycles. The van der Waals surface area contributed by atoms with E-state index in [9.17, 15) is 0 Å². The molecule has 3 heteroatoms. The summed E-state index contributed by atoms with van der Waals surface area (Å²) in [7, 11) is 0. The lowest BCUT2D eigenvalue weighted by atomic mass is 10.1. The van der Waals surface area contributed by atoms with Crippen LogP contribution in [0.2, 0.25) is 0 Å². The van der Waals surface area contributed by atoms with Gasteiger partial charge in [-0.15, -0.1) is 11.6 Å². The van der Waals surface area contributed by atoms with E-state index in [2.05, 4.69) is 22.4 Å². The summed E-state index contributed by atoms with van der Waals surface area (Å²) in [6.45, 7) is 4.74. The Hall–Kier alpha value is -1.28. The third kappa shape index (κ3) is 2.45. The molecule has 1 atom stereocenters. The smallest absolute Gasteiger partial charge is 0.0725 e. The lowest BCUT2D eigenvalue weighted by molar-refractivity contribution is 0.989. The van der Waals surface area contributed by atoms with Crippen molar-refractivity contribution in [2.45, 2.75) is 19.2 Å². The van der Waals surface area contributed by atoms with E-state index in [1.165, 1.54) is 0 Å². The number of para-hydroxylation sites is 1. The minimum Gasteiger partial charge on any atom is -0.383 e. The van der Waals surface area contributed by atoms with Crippen LogP contribution in [0.5, 0.6) is 0 Å². The molecule has 0 aliphatic carbocycles. The average molecular weight is 235 g/mol. The van der Waals surface area contributed by atoms with Gasteiger partial charge in [-0.2, -0.15) is 0 Å². The molecule has 1 aromatic heterocycles. The van der Waals surface area contributed by atoms with E-state index >= 15 is 0 Å². The fraction of sp³-hybridized carbons (Fsp3) is 0.308. The van der Waals surface area contributed by atoms with Gasteiger partial charge in [0.25, 0.3) is 0 Å². The molecule has 0 bridgehead atoms. The second kappa shape index (κ2) is 4.71. The summed E-state index contributed by atoms with van der Waals surface area (Å²) in [5.41, 5.74) is 3.14. The van der Waals surface area contributed by atoms with Crippen LogP contribution in [0, 0.1) is 6.92 Å². The Bertz CT molecular complexity index is 494. The summed E-state index contributed by atoms with van der Waals surface area (Å²) in [5, 5.41) is 4.62. The van der Waals surface area contributed by atoms with E-state index in [0.29, 0.717) is 0 Å². The zero-order valence-electron chi connectivity index (χ0n) is 9.50. The van der Waals surface area contributed by atoms with E-state index in [1.54, 1.807) is 0 Å². The van der Waals surface area contributed by atoms with Gasteiger partial charge in [0, 0.05) is 28.7 Å².